The number of benzene rings is 1. The van der Waals surface area contributed by atoms with Crippen molar-refractivity contribution in [3.05, 3.63) is 33.4 Å². The maximum atomic E-state index is 11.2. The standard InChI is InChI=1S/C16H22N4O3/c1-16(2,3)15(19-6-4-18-5-7-19)12-8-11(10-17)9-13(14(12)21)20(22)23/h8-9,15,18,21H,4-7H2,1-3H3/t15-/m1/s1. The van der Waals surface area contributed by atoms with E-state index in [1.165, 1.54) is 0 Å². The Morgan fingerprint density at radius 1 is 1.39 bits per heavy atom. The fraction of sp³-hybridized carbons (Fsp3) is 0.562. The van der Waals surface area contributed by atoms with E-state index >= 15 is 0 Å². The highest BCUT2D eigenvalue weighted by atomic mass is 16.6. The molecule has 23 heavy (non-hydrogen) atoms. The summed E-state index contributed by atoms with van der Waals surface area (Å²) in [6.07, 6.45) is 0. The molecular weight excluding hydrogens is 296 g/mol. The Balaban J connectivity index is 2.60. The highest BCUT2D eigenvalue weighted by Gasteiger charge is 2.36. The van der Waals surface area contributed by atoms with E-state index in [2.05, 4.69) is 10.2 Å². The highest BCUT2D eigenvalue weighted by Crippen LogP contribution is 2.45. The largest absolute Gasteiger partial charge is 0.502 e. The quantitative estimate of drug-likeness (QED) is 0.654. The second kappa shape index (κ2) is 6.52. The van der Waals surface area contributed by atoms with Gasteiger partial charge in [0.25, 0.3) is 0 Å². The van der Waals surface area contributed by atoms with Gasteiger partial charge in [-0.05, 0) is 11.5 Å². The van der Waals surface area contributed by atoms with Crippen LogP contribution in [-0.4, -0.2) is 41.1 Å². The smallest absolute Gasteiger partial charge is 0.312 e. The number of phenolic OH excluding ortho intramolecular Hbond substituents is 1. The van der Waals surface area contributed by atoms with Crippen LogP contribution < -0.4 is 5.32 Å². The normalized spacial score (nSPS) is 17.5. The second-order valence-electron chi connectivity index (χ2n) is 6.86. The van der Waals surface area contributed by atoms with Gasteiger partial charge in [0, 0.05) is 43.9 Å². The molecule has 0 radical (unpaired) electrons. The maximum Gasteiger partial charge on any atom is 0.312 e. The number of hydrogen-bond acceptors (Lipinski definition) is 6. The van der Waals surface area contributed by atoms with Crippen LogP contribution in [-0.2, 0) is 0 Å². The van der Waals surface area contributed by atoms with Crippen molar-refractivity contribution in [1.29, 1.82) is 5.26 Å². The van der Waals surface area contributed by atoms with E-state index in [9.17, 15) is 20.5 Å². The van der Waals surface area contributed by atoms with Crippen molar-refractivity contribution in [2.75, 3.05) is 26.2 Å². The molecule has 1 heterocycles. The summed E-state index contributed by atoms with van der Waals surface area (Å²) >= 11 is 0. The third-order valence-corrected chi connectivity index (χ3v) is 4.08. The Morgan fingerprint density at radius 3 is 2.48 bits per heavy atom. The number of nitro benzene ring substituents is 1. The molecule has 7 heteroatoms. The molecule has 1 aliphatic heterocycles. The number of phenols is 1. The molecule has 2 N–H and O–H groups in total. The van der Waals surface area contributed by atoms with Crippen molar-refractivity contribution >= 4 is 5.69 Å². The molecule has 2 rings (SSSR count). The molecule has 124 valence electrons. The zero-order valence-corrected chi connectivity index (χ0v) is 13.7. The number of nitro groups is 1. The molecule has 1 aromatic carbocycles. The van der Waals surface area contributed by atoms with Gasteiger partial charge in [0.2, 0.25) is 0 Å². The van der Waals surface area contributed by atoms with Gasteiger partial charge in [-0.15, -0.1) is 0 Å². The lowest BCUT2D eigenvalue weighted by molar-refractivity contribution is -0.386. The number of rotatable bonds is 3. The van der Waals surface area contributed by atoms with Crippen LogP contribution in [0.4, 0.5) is 5.69 Å². The molecule has 7 nitrogen and oxygen atoms in total. The molecule has 0 bridgehead atoms. The Kier molecular flexibility index (Phi) is 4.88. The minimum Gasteiger partial charge on any atom is -0.502 e. The second-order valence-corrected chi connectivity index (χ2v) is 6.86. The van der Waals surface area contributed by atoms with Crippen molar-refractivity contribution in [3.63, 3.8) is 0 Å². The topological polar surface area (TPSA) is 102 Å². The average molecular weight is 318 g/mol. The summed E-state index contributed by atoms with van der Waals surface area (Å²) in [6, 6.07) is 4.43. The van der Waals surface area contributed by atoms with Crippen LogP contribution >= 0.6 is 0 Å². The van der Waals surface area contributed by atoms with Crippen LogP contribution in [0.2, 0.25) is 0 Å². The minimum atomic E-state index is -0.642. The van der Waals surface area contributed by atoms with E-state index in [0.717, 1.165) is 32.2 Å². The van der Waals surface area contributed by atoms with Crippen LogP contribution in [0.15, 0.2) is 12.1 Å². The van der Waals surface area contributed by atoms with Gasteiger partial charge >= 0.3 is 5.69 Å². The van der Waals surface area contributed by atoms with Gasteiger partial charge < -0.3 is 10.4 Å². The maximum absolute atomic E-state index is 11.2. The van der Waals surface area contributed by atoms with Gasteiger partial charge in [0.15, 0.2) is 5.75 Å². The van der Waals surface area contributed by atoms with Crippen LogP contribution in [0.25, 0.3) is 0 Å². The molecular formula is C16H22N4O3. The molecule has 0 aromatic heterocycles. The fourth-order valence-electron chi connectivity index (χ4n) is 3.20. The number of nitrogens with zero attached hydrogens (tertiary/aromatic N) is 3. The molecule has 0 spiro atoms. The number of nitriles is 1. The van der Waals surface area contributed by atoms with Crippen LogP contribution in [0, 0.1) is 26.9 Å². The van der Waals surface area contributed by atoms with Crippen LogP contribution in [0.5, 0.6) is 5.75 Å². The van der Waals surface area contributed by atoms with E-state index in [-0.39, 0.29) is 22.8 Å². The van der Waals surface area contributed by atoms with Gasteiger partial charge in [-0.1, -0.05) is 20.8 Å². The number of hydrogen-bond donors (Lipinski definition) is 2. The molecule has 0 amide bonds. The number of nitrogens with one attached hydrogen (secondary N) is 1. The fourth-order valence-corrected chi connectivity index (χ4v) is 3.20. The zero-order valence-electron chi connectivity index (χ0n) is 13.7. The first-order valence-corrected chi connectivity index (χ1v) is 7.62. The van der Waals surface area contributed by atoms with Gasteiger partial charge in [0.05, 0.1) is 16.6 Å². The lowest BCUT2D eigenvalue weighted by Gasteiger charge is -2.42. The molecule has 0 aliphatic carbocycles. The predicted octanol–water partition coefficient (Wildman–Crippen LogP) is 2.16. The van der Waals surface area contributed by atoms with Gasteiger partial charge in [-0.3, -0.25) is 15.0 Å². The van der Waals surface area contributed by atoms with E-state index < -0.39 is 10.6 Å². The monoisotopic (exact) mass is 318 g/mol. The van der Waals surface area contributed by atoms with Crippen molar-refractivity contribution in [3.8, 4) is 11.8 Å². The van der Waals surface area contributed by atoms with Crippen molar-refractivity contribution in [2.24, 2.45) is 5.41 Å². The van der Waals surface area contributed by atoms with E-state index in [1.807, 2.05) is 26.8 Å². The average Bonchev–Trinajstić information content (AvgIpc) is 2.48. The third kappa shape index (κ3) is 3.60. The lowest BCUT2D eigenvalue weighted by Crippen LogP contribution is -2.48. The van der Waals surface area contributed by atoms with Gasteiger partial charge in [-0.25, -0.2) is 0 Å². The summed E-state index contributed by atoms with van der Waals surface area (Å²) < 4.78 is 0. The lowest BCUT2D eigenvalue weighted by atomic mass is 9.80. The Bertz CT molecular complexity index is 640. The Morgan fingerprint density at radius 2 is 2.00 bits per heavy atom. The Hall–Kier alpha value is -2.17. The van der Waals surface area contributed by atoms with Crippen LogP contribution in [0.1, 0.15) is 37.9 Å². The van der Waals surface area contributed by atoms with Gasteiger partial charge in [-0.2, -0.15) is 5.26 Å². The van der Waals surface area contributed by atoms with E-state index in [4.69, 9.17) is 0 Å². The number of aromatic hydroxyl groups is 1. The van der Waals surface area contributed by atoms with Crippen LogP contribution in [0.3, 0.4) is 0 Å². The molecule has 1 fully saturated rings. The Labute approximate surface area is 135 Å². The molecule has 0 saturated carbocycles. The zero-order chi connectivity index (χ0) is 17.2. The summed E-state index contributed by atoms with van der Waals surface area (Å²) in [5, 5.41) is 34.1. The summed E-state index contributed by atoms with van der Waals surface area (Å²) in [7, 11) is 0. The summed E-state index contributed by atoms with van der Waals surface area (Å²) in [5.74, 6) is -0.340. The first-order valence-electron chi connectivity index (χ1n) is 7.62. The SMILES string of the molecule is CC(C)(C)[C@@H](c1cc(C#N)cc([N+](=O)[O-])c1O)N1CCNCC1. The summed E-state index contributed by atoms with van der Waals surface area (Å²) in [6.45, 7) is 9.32. The third-order valence-electron chi connectivity index (χ3n) is 4.08. The molecule has 1 aliphatic rings. The van der Waals surface area contributed by atoms with E-state index in [0.29, 0.717) is 5.56 Å². The first-order chi connectivity index (χ1) is 10.8. The first kappa shape index (κ1) is 17.2. The van der Waals surface area contributed by atoms with E-state index in [1.54, 1.807) is 6.07 Å². The summed E-state index contributed by atoms with van der Waals surface area (Å²) in [4.78, 5) is 12.8. The predicted molar refractivity (Wildman–Crippen MR) is 86.1 cm³/mol. The molecule has 0 unspecified atom stereocenters. The van der Waals surface area contributed by atoms with Crippen molar-refractivity contribution < 1.29 is 10.0 Å². The number of piperazine rings is 1. The summed E-state index contributed by atoms with van der Waals surface area (Å²) in [5.41, 5.74) is -0.0287. The highest BCUT2D eigenvalue weighted by molar-refractivity contribution is 5.57. The minimum absolute atomic E-state index is 0.189. The van der Waals surface area contributed by atoms with Crippen molar-refractivity contribution in [1.82, 2.24) is 10.2 Å². The van der Waals surface area contributed by atoms with Gasteiger partial charge in [0.1, 0.15) is 0 Å². The van der Waals surface area contributed by atoms with Crippen molar-refractivity contribution in [2.45, 2.75) is 26.8 Å². The molecule has 1 aromatic rings. The molecule has 1 atom stereocenters. The molecule has 1 saturated heterocycles.